The molecule has 2 aromatic carbocycles. The van der Waals surface area contributed by atoms with Gasteiger partial charge in [0.15, 0.2) is 5.16 Å². The van der Waals surface area contributed by atoms with Gasteiger partial charge in [0.2, 0.25) is 0 Å². The van der Waals surface area contributed by atoms with Gasteiger partial charge in [0, 0.05) is 5.25 Å². The molecule has 1 atom stereocenters. The Kier molecular flexibility index (Phi) is 5.72. The van der Waals surface area contributed by atoms with Gasteiger partial charge in [-0.15, -0.1) is 10.2 Å². The van der Waals surface area contributed by atoms with Crippen LogP contribution in [0.2, 0.25) is 0 Å². The molecule has 0 fully saturated rings. The van der Waals surface area contributed by atoms with Crippen LogP contribution in [0, 0.1) is 0 Å². The Balaban J connectivity index is 1.78. The highest BCUT2D eigenvalue weighted by Gasteiger charge is 2.16. The quantitative estimate of drug-likeness (QED) is 0.557. The maximum absolute atomic E-state index is 12.2. The largest absolute Gasteiger partial charge is 0.495 e. The van der Waals surface area contributed by atoms with E-state index in [9.17, 15) is 8.78 Å². The second-order valence-corrected chi connectivity index (χ2v) is 6.67. The lowest BCUT2D eigenvalue weighted by atomic mass is 10.2. The lowest BCUT2D eigenvalue weighted by Crippen LogP contribution is -2.02. The van der Waals surface area contributed by atoms with E-state index in [1.807, 2.05) is 35.8 Å². The Morgan fingerprint density at radius 2 is 1.81 bits per heavy atom. The minimum absolute atomic E-state index is 0.0354. The second-order valence-electron chi connectivity index (χ2n) is 5.36. The fourth-order valence-electron chi connectivity index (χ4n) is 2.45. The molecule has 136 valence electrons. The molecule has 1 unspecified atom stereocenters. The number of hydrogen-bond donors (Lipinski definition) is 0. The molecular weight excluding hydrogens is 360 g/mol. The fraction of sp³-hybridized carbons (Fsp3) is 0.222. The first-order valence-electron chi connectivity index (χ1n) is 7.83. The molecular formula is C18H17F2N3O2S. The summed E-state index contributed by atoms with van der Waals surface area (Å²) in [6.07, 6.45) is 1.63. The Labute approximate surface area is 154 Å². The van der Waals surface area contributed by atoms with Crippen molar-refractivity contribution < 1.29 is 18.3 Å². The number of ether oxygens (including phenoxy) is 2. The SMILES string of the molecule is COc1ccccc1-n1cnnc1SC(C)c1ccc(OC(F)F)cc1. The van der Waals surface area contributed by atoms with Gasteiger partial charge in [0.25, 0.3) is 0 Å². The molecule has 8 heteroatoms. The Morgan fingerprint density at radius 1 is 1.08 bits per heavy atom. The van der Waals surface area contributed by atoms with Crippen molar-refractivity contribution in [2.75, 3.05) is 7.11 Å². The number of para-hydroxylation sites is 2. The molecule has 26 heavy (non-hydrogen) atoms. The molecule has 3 rings (SSSR count). The third kappa shape index (κ3) is 4.13. The molecule has 5 nitrogen and oxygen atoms in total. The van der Waals surface area contributed by atoms with Gasteiger partial charge in [-0.2, -0.15) is 8.78 Å². The zero-order chi connectivity index (χ0) is 18.5. The fourth-order valence-corrected chi connectivity index (χ4v) is 3.41. The first-order chi connectivity index (χ1) is 12.6. The second kappa shape index (κ2) is 8.18. The van der Waals surface area contributed by atoms with E-state index in [1.165, 1.54) is 23.9 Å². The summed E-state index contributed by atoms with van der Waals surface area (Å²) < 4.78 is 36.1. The molecule has 0 spiro atoms. The van der Waals surface area contributed by atoms with E-state index in [0.29, 0.717) is 5.16 Å². The molecule has 1 heterocycles. The highest BCUT2D eigenvalue weighted by atomic mass is 32.2. The van der Waals surface area contributed by atoms with Crippen LogP contribution in [0.3, 0.4) is 0 Å². The number of methoxy groups -OCH3 is 1. The molecule has 0 saturated carbocycles. The van der Waals surface area contributed by atoms with Crippen molar-refractivity contribution in [2.24, 2.45) is 0 Å². The van der Waals surface area contributed by atoms with E-state index >= 15 is 0 Å². The van der Waals surface area contributed by atoms with Gasteiger partial charge in [0.1, 0.15) is 17.8 Å². The average Bonchev–Trinajstić information content (AvgIpc) is 3.09. The summed E-state index contributed by atoms with van der Waals surface area (Å²) in [6, 6.07) is 14.2. The smallest absolute Gasteiger partial charge is 0.387 e. The van der Waals surface area contributed by atoms with Gasteiger partial charge in [0.05, 0.1) is 12.8 Å². The number of benzene rings is 2. The van der Waals surface area contributed by atoms with Crippen LogP contribution in [-0.2, 0) is 0 Å². The molecule has 1 aromatic heterocycles. The average molecular weight is 377 g/mol. The summed E-state index contributed by atoms with van der Waals surface area (Å²) in [5.41, 5.74) is 1.81. The van der Waals surface area contributed by atoms with Gasteiger partial charge >= 0.3 is 6.61 Å². The Morgan fingerprint density at radius 3 is 2.50 bits per heavy atom. The number of alkyl halides is 2. The van der Waals surface area contributed by atoms with Crippen molar-refractivity contribution in [1.29, 1.82) is 0 Å². The molecule has 0 radical (unpaired) electrons. The molecule has 0 N–H and O–H groups in total. The minimum Gasteiger partial charge on any atom is -0.495 e. The minimum atomic E-state index is -2.83. The van der Waals surface area contributed by atoms with E-state index in [4.69, 9.17) is 4.74 Å². The van der Waals surface area contributed by atoms with Crippen LogP contribution in [0.1, 0.15) is 17.7 Å². The topological polar surface area (TPSA) is 49.2 Å². The van der Waals surface area contributed by atoms with Crippen LogP contribution in [0.5, 0.6) is 11.5 Å². The maximum atomic E-state index is 12.2. The summed E-state index contributed by atoms with van der Waals surface area (Å²) in [6.45, 7) is -0.818. The normalized spacial score (nSPS) is 12.2. The monoisotopic (exact) mass is 377 g/mol. The van der Waals surface area contributed by atoms with Crippen molar-refractivity contribution in [2.45, 2.75) is 23.9 Å². The van der Waals surface area contributed by atoms with Crippen molar-refractivity contribution in [3.63, 3.8) is 0 Å². The van der Waals surface area contributed by atoms with Crippen molar-refractivity contribution >= 4 is 11.8 Å². The van der Waals surface area contributed by atoms with E-state index in [1.54, 1.807) is 25.6 Å². The molecule has 0 aliphatic carbocycles. The molecule has 0 bridgehead atoms. The lowest BCUT2D eigenvalue weighted by molar-refractivity contribution is -0.0498. The molecule has 0 saturated heterocycles. The highest BCUT2D eigenvalue weighted by molar-refractivity contribution is 7.99. The number of thioether (sulfide) groups is 1. The maximum Gasteiger partial charge on any atom is 0.387 e. The van der Waals surface area contributed by atoms with E-state index in [2.05, 4.69) is 14.9 Å². The van der Waals surface area contributed by atoms with Crippen LogP contribution in [0.4, 0.5) is 8.78 Å². The predicted molar refractivity (Wildman–Crippen MR) is 95.3 cm³/mol. The van der Waals surface area contributed by atoms with Gasteiger partial charge in [-0.25, -0.2) is 0 Å². The van der Waals surface area contributed by atoms with Gasteiger partial charge in [-0.1, -0.05) is 36.0 Å². The van der Waals surface area contributed by atoms with Crippen molar-refractivity contribution in [1.82, 2.24) is 14.8 Å². The van der Waals surface area contributed by atoms with Gasteiger partial charge < -0.3 is 9.47 Å². The molecule has 3 aromatic rings. The van der Waals surface area contributed by atoms with E-state index < -0.39 is 6.61 Å². The van der Waals surface area contributed by atoms with Crippen LogP contribution < -0.4 is 9.47 Å². The van der Waals surface area contributed by atoms with E-state index in [-0.39, 0.29) is 11.0 Å². The first-order valence-corrected chi connectivity index (χ1v) is 8.71. The summed E-state index contributed by atoms with van der Waals surface area (Å²) in [5, 5.41) is 8.93. The van der Waals surface area contributed by atoms with Crippen LogP contribution >= 0.6 is 11.8 Å². The first kappa shape index (κ1) is 18.2. The summed E-state index contributed by atoms with van der Waals surface area (Å²) in [4.78, 5) is 0. The molecule has 0 aliphatic heterocycles. The van der Waals surface area contributed by atoms with Gasteiger partial charge in [-0.05, 0) is 36.8 Å². The summed E-state index contributed by atoms with van der Waals surface area (Å²) in [5.74, 6) is 0.855. The van der Waals surface area contributed by atoms with Crippen molar-refractivity contribution in [3.8, 4) is 17.2 Å². The number of halogens is 2. The zero-order valence-electron chi connectivity index (χ0n) is 14.2. The third-order valence-corrected chi connectivity index (χ3v) is 4.83. The van der Waals surface area contributed by atoms with Crippen molar-refractivity contribution in [3.05, 3.63) is 60.4 Å². The lowest BCUT2D eigenvalue weighted by Gasteiger charge is -2.14. The number of rotatable bonds is 7. The highest BCUT2D eigenvalue weighted by Crippen LogP contribution is 2.36. The number of hydrogen-bond acceptors (Lipinski definition) is 5. The molecule has 0 amide bonds. The van der Waals surface area contributed by atoms with Crippen LogP contribution in [0.25, 0.3) is 5.69 Å². The zero-order valence-corrected chi connectivity index (χ0v) is 15.0. The summed E-state index contributed by atoms with van der Waals surface area (Å²) >= 11 is 1.51. The van der Waals surface area contributed by atoms with Crippen LogP contribution in [-0.4, -0.2) is 28.5 Å². The molecule has 0 aliphatic rings. The van der Waals surface area contributed by atoms with Gasteiger partial charge in [-0.3, -0.25) is 4.57 Å². The Bertz CT molecular complexity index is 856. The third-order valence-electron chi connectivity index (χ3n) is 3.72. The van der Waals surface area contributed by atoms with Crippen LogP contribution in [0.15, 0.2) is 60.0 Å². The Hall–Kier alpha value is -2.61. The van der Waals surface area contributed by atoms with E-state index in [0.717, 1.165) is 17.0 Å². The number of nitrogens with zero attached hydrogens (tertiary/aromatic N) is 3. The summed E-state index contributed by atoms with van der Waals surface area (Å²) in [7, 11) is 1.61. The number of aromatic nitrogens is 3. The standard InChI is InChI=1S/C18H17F2N3O2S/c1-12(13-7-9-14(10-8-13)25-17(19)20)26-18-22-21-11-23(18)15-5-3-4-6-16(15)24-2/h3-12,17H,1-2H3. The predicted octanol–water partition coefficient (Wildman–Crippen LogP) is 4.73.